The van der Waals surface area contributed by atoms with Crippen LogP contribution in [-0.2, 0) is 14.9 Å². The van der Waals surface area contributed by atoms with Crippen molar-refractivity contribution in [3.05, 3.63) is 35.4 Å². The van der Waals surface area contributed by atoms with Gasteiger partial charge in [0.15, 0.2) is 0 Å². The zero-order chi connectivity index (χ0) is 10.9. The summed E-state index contributed by atoms with van der Waals surface area (Å²) in [6.45, 7) is 4.37. The first-order chi connectivity index (χ1) is 7.20. The molecule has 0 spiro atoms. The van der Waals surface area contributed by atoms with E-state index in [9.17, 15) is 4.79 Å². The van der Waals surface area contributed by atoms with E-state index >= 15 is 0 Å². The topological polar surface area (TPSA) is 26.3 Å². The summed E-state index contributed by atoms with van der Waals surface area (Å²) >= 11 is 0. The lowest BCUT2D eigenvalue weighted by Crippen LogP contribution is -2.24. The Hall–Kier alpha value is -1.31. The van der Waals surface area contributed by atoms with Crippen LogP contribution in [0, 0.1) is 6.92 Å². The van der Waals surface area contributed by atoms with Crippen LogP contribution in [0.3, 0.4) is 0 Å². The van der Waals surface area contributed by atoms with Gasteiger partial charge in [-0.3, -0.25) is 4.79 Å². The van der Waals surface area contributed by atoms with Crippen LogP contribution in [0.1, 0.15) is 30.9 Å². The average Bonchev–Trinajstić information content (AvgIpc) is 3.00. The molecule has 0 N–H and O–H groups in total. The molecule has 0 aliphatic heterocycles. The summed E-state index contributed by atoms with van der Waals surface area (Å²) in [7, 11) is 0. The van der Waals surface area contributed by atoms with E-state index in [1.54, 1.807) is 0 Å². The number of esters is 1. The van der Waals surface area contributed by atoms with Crippen molar-refractivity contribution >= 4 is 5.97 Å². The molecule has 1 aliphatic rings. The first kappa shape index (κ1) is 10.2. The summed E-state index contributed by atoms with van der Waals surface area (Å²) in [5.41, 5.74) is 2.01. The monoisotopic (exact) mass is 204 g/mol. The van der Waals surface area contributed by atoms with E-state index in [-0.39, 0.29) is 11.4 Å². The molecular weight excluding hydrogens is 188 g/mol. The van der Waals surface area contributed by atoms with E-state index in [4.69, 9.17) is 4.74 Å². The van der Waals surface area contributed by atoms with Gasteiger partial charge in [0, 0.05) is 0 Å². The third-order valence-electron chi connectivity index (χ3n) is 3.08. The minimum Gasteiger partial charge on any atom is -0.465 e. The normalized spacial score (nSPS) is 17.2. The minimum atomic E-state index is -0.318. The number of hydrogen-bond acceptors (Lipinski definition) is 2. The van der Waals surface area contributed by atoms with Crippen molar-refractivity contribution in [3.8, 4) is 0 Å². The number of benzene rings is 1. The van der Waals surface area contributed by atoms with Crippen LogP contribution in [0.25, 0.3) is 0 Å². The highest BCUT2D eigenvalue weighted by molar-refractivity contribution is 5.87. The summed E-state index contributed by atoms with van der Waals surface area (Å²) in [5.74, 6) is -0.0562. The van der Waals surface area contributed by atoms with Gasteiger partial charge in [-0.1, -0.05) is 24.3 Å². The number of hydrogen-bond donors (Lipinski definition) is 0. The Bertz CT molecular complexity index is 378. The molecule has 0 radical (unpaired) electrons. The molecule has 0 bridgehead atoms. The van der Waals surface area contributed by atoms with E-state index in [1.807, 2.05) is 25.1 Å². The fraction of sp³-hybridized carbons (Fsp3) is 0.462. The zero-order valence-electron chi connectivity index (χ0n) is 9.25. The van der Waals surface area contributed by atoms with Crippen molar-refractivity contribution in [3.63, 3.8) is 0 Å². The summed E-state index contributed by atoms with van der Waals surface area (Å²) in [6, 6.07) is 8.08. The quantitative estimate of drug-likeness (QED) is 0.707. The Morgan fingerprint density at radius 2 is 2.07 bits per heavy atom. The van der Waals surface area contributed by atoms with Crippen LogP contribution in [0.15, 0.2) is 24.3 Å². The second-order valence-corrected chi connectivity index (χ2v) is 4.12. The van der Waals surface area contributed by atoms with Crippen LogP contribution < -0.4 is 0 Å². The standard InChI is InChI=1S/C13H16O2/c1-3-15-12(14)13(8-9-13)11-7-5-4-6-10(11)2/h4-7H,3,8-9H2,1-2H3. The molecule has 1 saturated carbocycles. The van der Waals surface area contributed by atoms with Crippen molar-refractivity contribution in [2.75, 3.05) is 6.61 Å². The van der Waals surface area contributed by atoms with Gasteiger partial charge in [0.2, 0.25) is 0 Å². The highest BCUT2D eigenvalue weighted by atomic mass is 16.5. The van der Waals surface area contributed by atoms with Gasteiger partial charge in [-0.2, -0.15) is 0 Å². The second-order valence-electron chi connectivity index (χ2n) is 4.12. The molecular formula is C13H16O2. The van der Waals surface area contributed by atoms with Crippen molar-refractivity contribution in [2.45, 2.75) is 32.1 Å². The Morgan fingerprint density at radius 3 is 2.60 bits per heavy atom. The molecule has 0 atom stereocenters. The summed E-state index contributed by atoms with van der Waals surface area (Å²) in [6.07, 6.45) is 1.85. The Balaban J connectivity index is 2.31. The molecule has 1 aliphatic carbocycles. The van der Waals surface area contributed by atoms with Crippen molar-refractivity contribution in [1.82, 2.24) is 0 Å². The van der Waals surface area contributed by atoms with Crippen molar-refractivity contribution in [2.24, 2.45) is 0 Å². The van der Waals surface area contributed by atoms with Crippen LogP contribution in [-0.4, -0.2) is 12.6 Å². The molecule has 0 unspecified atom stereocenters. The highest BCUT2D eigenvalue weighted by Gasteiger charge is 2.53. The van der Waals surface area contributed by atoms with Gasteiger partial charge in [-0.05, 0) is 37.8 Å². The van der Waals surface area contributed by atoms with Gasteiger partial charge in [0.25, 0.3) is 0 Å². The number of ether oxygens (including phenoxy) is 1. The molecule has 1 aromatic rings. The number of carbonyl (C=O) groups is 1. The first-order valence-corrected chi connectivity index (χ1v) is 5.44. The third-order valence-corrected chi connectivity index (χ3v) is 3.08. The van der Waals surface area contributed by atoms with Crippen LogP contribution in [0.2, 0.25) is 0 Å². The van der Waals surface area contributed by atoms with Gasteiger partial charge in [0.1, 0.15) is 0 Å². The van der Waals surface area contributed by atoms with Gasteiger partial charge < -0.3 is 4.74 Å². The molecule has 2 heteroatoms. The molecule has 2 nitrogen and oxygen atoms in total. The van der Waals surface area contributed by atoms with Crippen molar-refractivity contribution < 1.29 is 9.53 Å². The number of rotatable bonds is 3. The van der Waals surface area contributed by atoms with E-state index < -0.39 is 0 Å². The molecule has 80 valence electrons. The maximum atomic E-state index is 11.9. The van der Waals surface area contributed by atoms with Crippen LogP contribution >= 0.6 is 0 Å². The van der Waals surface area contributed by atoms with Gasteiger partial charge in [0.05, 0.1) is 12.0 Å². The number of carbonyl (C=O) groups excluding carboxylic acids is 1. The summed E-state index contributed by atoms with van der Waals surface area (Å²) in [4.78, 5) is 11.9. The molecule has 2 rings (SSSR count). The summed E-state index contributed by atoms with van der Waals surface area (Å²) in [5, 5.41) is 0. The SMILES string of the molecule is CCOC(=O)C1(c2ccccc2C)CC1. The Kier molecular flexibility index (Phi) is 2.51. The largest absolute Gasteiger partial charge is 0.465 e. The van der Waals surface area contributed by atoms with Gasteiger partial charge >= 0.3 is 5.97 Å². The van der Waals surface area contributed by atoms with Gasteiger partial charge in [-0.15, -0.1) is 0 Å². The molecule has 1 fully saturated rings. The smallest absolute Gasteiger partial charge is 0.316 e. The Morgan fingerprint density at radius 1 is 1.40 bits per heavy atom. The van der Waals surface area contributed by atoms with Crippen molar-refractivity contribution in [1.29, 1.82) is 0 Å². The maximum absolute atomic E-state index is 11.9. The first-order valence-electron chi connectivity index (χ1n) is 5.44. The third kappa shape index (κ3) is 1.65. The Labute approximate surface area is 90.3 Å². The van der Waals surface area contributed by atoms with E-state index in [1.165, 1.54) is 5.56 Å². The molecule has 0 heterocycles. The fourth-order valence-electron chi connectivity index (χ4n) is 2.09. The minimum absolute atomic E-state index is 0.0562. The maximum Gasteiger partial charge on any atom is 0.316 e. The lowest BCUT2D eigenvalue weighted by atomic mass is 9.92. The molecule has 1 aromatic carbocycles. The predicted octanol–water partition coefficient (Wildman–Crippen LogP) is 2.59. The van der Waals surface area contributed by atoms with Crippen LogP contribution in [0.4, 0.5) is 0 Å². The molecule has 15 heavy (non-hydrogen) atoms. The lowest BCUT2D eigenvalue weighted by Gasteiger charge is -2.16. The van der Waals surface area contributed by atoms with Crippen LogP contribution in [0.5, 0.6) is 0 Å². The molecule has 0 amide bonds. The molecule has 0 aromatic heterocycles. The van der Waals surface area contributed by atoms with E-state index in [2.05, 4.69) is 13.0 Å². The fourth-order valence-corrected chi connectivity index (χ4v) is 2.09. The second kappa shape index (κ2) is 3.69. The number of aryl methyl sites for hydroxylation is 1. The average molecular weight is 204 g/mol. The lowest BCUT2D eigenvalue weighted by molar-refractivity contribution is -0.146. The van der Waals surface area contributed by atoms with E-state index in [0.29, 0.717) is 6.61 Å². The zero-order valence-corrected chi connectivity index (χ0v) is 9.25. The highest BCUT2D eigenvalue weighted by Crippen LogP contribution is 2.50. The van der Waals surface area contributed by atoms with Gasteiger partial charge in [-0.25, -0.2) is 0 Å². The molecule has 0 saturated heterocycles. The summed E-state index contributed by atoms with van der Waals surface area (Å²) < 4.78 is 5.14. The predicted molar refractivity (Wildman–Crippen MR) is 58.7 cm³/mol. The van der Waals surface area contributed by atoms with E-state index in [0.717, 1.165) is 18.4 Å².